The molecule has 2 aliphatic heterocycles. The molecule has 0 spiro atoms. The van der Waals surface area contributed by atoms with Crippen molar-refractivity contribution in [1.29, 1.82) is 0 Å². The summed E-state index contributed by atoms with van der Waals surface area (Å²) in [5.41, 5.74) is 0.295. The van der Waals surface area contributed by atoms with Crippen LogP contribution in [0.1, 0.15) is 57.8 Å². The van der Waals surface area contributed by atoms with Gasteiger partial charge in [-0.25, -0.2) is 18.2 Å². The molecule has 0 radical (unpaired) electrons. The van der Waals surface area contributed by atoms with E-state index >= 15 is 0 Å². The number of carbonyl (C=O) groups is 4. The van der Waals surface area contributed by atoms with Crippen LogP contribution in [0.4, 0.5) is 4.79 Å². The molecule has 2 aliphatic carbocycles. The number of hydrogen-bond donors (Lipinski definition) is 3. The summed E-state index contributed by atoms with van der Waals surface area (Å²) in [5, 5.41) is 5.99. The quantitative estimate of drug-likeness (QED) is 0.218. The Hall–Kier alpha value is -5.22. The SMILES string of the molecule is COC(=O)N[C@H]1CCCCC/C=C\[C@H]2C[C@@]2(C(=O)NS(=O)(=O)C2CC2)NC(=O)[C@@H]2C[C@@H](Oc3nc(-c4ccccc4Cl)nc4c3oc3ccccc34)CN2C1=O. The van der Waals surface area contributed by atoms with E-state index in [1.54, 1.807) is 24.3 Å². The van der Waals surface area contributed by atoms with Gasteiger partial charge in [-0.15, -0.1) is 0 Å². The number of furan rings is 1. The molecule has 17 heteroatoms. The van der Waals surface area contributed by atoms with Crippen molar-refractivity contribution >= 4 is 67.5 Å². The predicted octanol–water partition coefficient (Wildman–Crippen LogP) is 4.77. The lowest BCUT2D eigenvalue weighted by Crippen LogP contribution is -2.58. The number of fused-ring (bicyclic) bond motifs is 5. The zero-order chi connectivity index (χ0) is 39.2. The number of halogens is 1. The number of amides is 4. The van der Waals surface area contributed by atoms with E-state index in [1.807, 2.05) is 36.4 Å². The van der Waals surface area contributed by atoms with Crippen LogP contribution in [0.2, 0.25) is 5.02 Å². The fraction of sp³-hybridized carbons (Fsp3) is 0.436. The summed E-state index contributed by atoms with van der Waals surface area (Å²) in [6.07, 6.45) is 6.30. The van der Waals surface area contributed by atoms with Crippen LogP contribution >= 0.6 is 11.6 Å². The minimum atomic E-state index is -3.92. The normalized spacial score (nSPS) is 26.3. The van der Waals surface area contributed by atoms with E-state index in [4.69, 9.17) is 35.5 Å². The average Bonchev–Trinajstić information content (AvgIpc) is 4.08. The van der Waals surface area contributed by atoms with Crippen LogP contribution in [0.5, 0.6) is 5.88 Å². The van der Waals surface area contributed by atoms with Crippen molar-refractivity contribution < 1.29 is 41.5 Å². The lowest BCUT2D eigenvalue weighted by molar-refractivity contribution is -0.141. The predicted molar refractivity (Wildman–Crippen MR) is 205 cm³/mol. The Balaban J connectivity index is 1.15. The maximum Gasteiger partial charge on any atom is 0.407 e. The van der Waals surface area contributed by atoms with E-state index in [2.05, 4.69) is 15.4 Å². The lowest BCUT2D eigenvalue weighted by atomic mass is 10.1. The molecule has 0 unspecified atom stereocenters. The number of carbonyl (C=O) groups excluding carboxylic acids is 4. The monoisotopic (exact) mass is 804 g/mol. The molecule has 4 heterocycles. The molecule has 4 aliphatic rings. The third-order valence-corrected chi connectivity index (χ3v) is 13.1. The minimum absolute atomic E-state index is 0.0335. The highest BCUT2D eigenvalue weighted by molar-refractivity contribution is 7.91. The average molecular weight is 805 g/mol. The highest BCUT2D eigenvalue weighted by atomic mass is 35.5. The minimum Gasteiger partial charge on any atom is -0.470 e. The van der Waals surface area contributed by atoms with E-state index in [-0.39, 0.29) is 43.1 Å². The zero-order valence-corrected chi connectivity index (χ0v) is 32.1. The third-order valence-electron chi connectivity index (χ3n) is 10.9. The Morgan fingerprint density at radius 1 is 1.04 bits per heavy atom. The van der Waals surface area contributed by atoms with Crippen molar-refractivity contribution in [3.8, 4) is 17.3 Å². The Morgan fingerprint density at radius 2 is 1.82 bits per heavy atom. The number of alkyl carbamates (subject to hydrolysis) is 1. The van der Waals surface area contributed by atoms with Gasteiger partial charge in [-0.05, 0) is 62.8 Å². The molecule has 2 aromatic carbocycles. The number of methoxy groups -OCH3 is 1. The highest BCUT2D eigenvalue weighted by Gasteiger charge is 2.62. The number of ether oxygens (including phenoxy) is 2. The molecular weight excluding hydrogens is 764 g/mol. The number of allylic oxidation sites excluding steroid dienone is 1. The summed E-state index contributed by atoms with van der Waals surface area (Å²) in [5.74, 6) is -2.13. The standard InChI is InChI=1S/C39H41ClN6O9S/c1-53-38(50)41-28-15-6-4-2-3-5-11-22-20-39(22,37(49)45-56(51,52)24-17-18-24)44-34(47)29-19-23(21-46(29)36(28)48)54-35-32-31(26-13-8-10-16-30(26)55-32)42-33(43-35)25-12-7-9-14-27(25)40/h5,7-14,16,22-24,28-29H,2-4,6,15,17-21H2,1H3,(H,41,50)(H,44,47)(H,45,49)/b11-5-/t22-,23+,28-,29-,39+/m0/s1. The molecule has 3 N–H and O–H groups in total. The molecule has 4 aromatic rings. The molecule has 2 saturated carbocycles. The molecule has 5 atom stereocenters. The number of nitrogens with zero attached hydrogens (tertiary/aromatic N) is 3. The van der Waals surface area contributed by atoms with Gasteiger partial charge in [-0.2, -0.15) is 4.98 Å². The summed E-state index contributed by atoms with van der Waals surface area (Å²) < 4.78 is 45.5. The van der Waals surface area contributed by atoms with Gasteiger partial charge in [0.15, 0.2) is 5.82 Å². The molecule has 294 valence electrons. The molecule has 8 rings (SSSR count). The maximum absolute atomic E-state index is 14.4. The van der Waals surface area contributed by atoms with Gasteiger partial charge >= 0.3 is 6.09 Å². The number of sulfonamides is 1. The summed E-state index contributed by atoms with van der Waals surface area (Å²) >= 11 is 6.57. The van der Waals surface area contributed by atoms with Crippen molar-refractivity contribution in [3.63, 3.8) is 0 Å². The van der Waals surface area contributed by atoms with Crippen molar-refractivity contribution in [3.05, 3.63) is 65.7 Å². The van der Waals surface area contributed by atoms with E-state index in [1.165, 1.54) is 12.0 Å². The smallest absolute Gasteiger partial charge is 0.407 e. The molecule has 1 saturated heterocycles. The van der Waals surface area contributed by atoms with Gasteiger partial charge in [0.2, 0.25) is 27.4 Å². The third kappa shape index (κ3) is 7.39. The van der Waals surface area contributed by atoms with Gasteiger partial charge < -0.3 is 29.4 Å². The molecule has 2 aromatic heterocycles. The number of benzene rings is 2. The van der Waals surface area contributed by atoms with E-state index < -0.39 is 68.7 Å². The van der Waals surface area contributed by atoms with E-state index in [0.717, 1.165) is 12.8 Å². The van der Waals surface area contributed by atoms with Crippen molar-refractivity contribution in [2.75, 3.05) is 13.7 Å². The summed E-state index contributed by atoms with van der Waals surface area (Å²) in [7, 11) is -2.72. The largest absolute Gasteiger partial charge is 0.470 e. The van der Waals surface area contributed by atoms with E-state index in [9.17, 15) is 27.6 Å². The topological polar surface area (TPSA) is 199 Å². The Bertz CT molecular complexity index is 2360. The molecule has 56 heavy (non-hydrogen) atoms. The van der Waals surface area contributed by atoms with Crippen molar-refractivity contribution in [1.82, 2.24) is 30.2 Å². The first-order chi connectivity index (χ1) is 27.0. The van der Waals surface area contributed by atoms with Crippen molar-refractivity contribution in [2.45, 2.75) is 86.8 Å². The van der Waals surface area contributed by atoms with Crippen LogP contribution in [0.3, 0.4) is 0 Å². The number of nitrogens with one attached hydrogen (secondary N) is 3. The van der Waals surface area contributed by atoms with Gasteiger partial charge in [0, 0.05) is 23.3 Å². The number of hydrogen-bond acceptors (Lipinski definition) is 11. The lowest BCUT2D eigenvalue weighted by Gasteiger charge is -2.29. The molecular formula is C39H41ClN6O9S. The number of para-hydroxylation sites is 1. The summed E-state index contributed by atoms with van der Waals surface area (Å²) in [6.45, 7) is -0.0952. The first kappa shape index (κ1) is 37.7. The van der Waals surface area contributed by atoms with Crippen LogP contribution in [0.15, 0.2) is 65.1 Å². The van der Waals surface area contributed by atoms with E-state index in [0.29, 0.717) is 52.8 Å². The first-order valence-electron chi connectivity index (χ1n) is 18.8. The highest BCUT2D eigenvalue weighted by Crippen LogP contribution is 2.46. The van der Waals surface area contributed by atoms with Gasteiger partial charge in [0.1, 0.15) is 34.8 Å². The van der Waals surface area contributed by atoms with Gasteiger partial charge in [-0.1, -0.05) is 60.9 Å². The summed E-state index contributed by atoms with van der Waals surface area (Å²) in [4.78, 5) is 66.0. The second kappa shape index (κ2) is 15.0. The van der Waals surface area contributed by atoms with Gasteiger partial charge in [-0.3, -0.25) is 19.1 Å². The Kier molecular flexibility index (Phi) is 10.1. The van der Waals surface area contributed by atoms with Crippen LogP contribution < -0.4 is 20.1 Å². The van der Waals surface area contributed by atoms with Crippen LogP contribution in [-0.2, 0) is 29.1 Å². The van der Waals surface area contributed by atoms with Gasteiger partial charge in [0.25, 0.3) is 11.8 Å². The Labute approximate surface area is 327 Å². The van der Waals surface area contributed by atoms with Crippen molar-refractivity contribution in [2.24, 2.45) is 5.92 Å². The number of rotatable bonds is 7. The second-order valence-electron chi connectivity index (χ2n) is 14.8. The fourth-order valence-corrected chi connectivity index (χ4v) is 9.20. The molecule has 3 fully saturated rings. The maximum atomic E-state index is 14.4. The first-order valence-corrected chi connectivity index (χ1v) is 20.7. The van der Waals surface area contributed by atoms with Crippen LogP contribution in [-0.4, -0.2) is 89.7 Å². The molecule has 0 bridgehead atoms. The van der Waals surface area contributed by atoms with Gasteiger partial charge in [0.05, 0.1) is 23.9 Å². The molecule has 4 amide bonds. The zero-order valence-electron chi connectivity index (χ0n) is 30.5. The van der Waals surface area contributed by atoms with Crippen LogP contribution in [0.25, 0.3) is 33.5 Å². The Morgan fingerprint density at radius 3 is 2.61 bits per heavy atom. The summed E-state index contributed by atoms with van der Waals surface area (Å²) in [6, 6.07) is 12.2. The second-order valence-corrected chi connectivity index (χ2v) is 17.2. The molecule has 15 nitrogen and oxygen atoms in total. The number of aromatic nitrogens is 2. The fourth-order valence-electron chi connectivity index (χ4n) is 7.61. The van der Waals surface area contributed by atoms with Crippen LogP contribution in [0, 0.1) is 5.92 Å².